The molecule has 1 aromatic rings. The van der Waals surface area contributed by atoms with Crippen molar-refractivity contribution in [3.63, 3.8) is 0 Å². The fraction of sp³-hybridized carbons (Fsp3) is 0.750. The second kappa shape index (κ2) is 6.38. The SMILES string of the molecule is CCOC1CCOC2(CCN(C(=O)c3nccn3C)CC2)C1. The van der Waals surface area contributed by atoms with Crippen LogP contribution in [-0.2, 0) is 16.5 Å². The monoisotopic (exact) mass is 307 g/mol. The van der Waals surface area contributed by atoms with Gasteiger partial charge in [0.15, 0.2) is 5.82 Å². The van der Waals surface area contributed by atoms with Crippen molar-refractivity contribution in [3.05, 3.63) is 18.2 Å². The second-order valence-electron chi connectivity index (χ2n) is 6.26. The zero-order valence-corrected chi connectivity index (χ0v) is 13.5. The van der Waals surface area contributed by atoms with Crippen LogP contribution in [0.25, 0.3) is 0 Å². The maximum Gasteiger partial charge on any atom is 0.289 e. The van der Waals surface area contributed by atoms with Crippen molar-refractivity contribution in [2.75, 3.05) is 26.3 Å². The van der Waals surface area contributed by atoms with Crippen LogP contribution >= 0.6 is 0 Å². The molecule has 0 aromatic carbocycles. The predicted molar refractivity (Wildman–Crippen MR) is 81.7 cm³/mol. The van der Waals surface area contributed by atoms with Crippen LogP contribution in [0.15, 0.2) is 12.4 Å². The average molecular weight is 307 g/mol. The van der Waals surface area contributed by atoms with Crippen molar-refractivity contribution >= 4 is 5.91 Å². The minimum absolute atomic E-state index is 0.0134. The molecule has 1 spiro atoms. The molecule has 3 heterocycles. The van der Waals surface area contributed by atoms with Gasteiger partial charge in [0, 0.05) is 52.2 Å². The second-order valence-corrected chi connectivity index (χ2v) is 6.26. The Balaban J connectivity index is 1.60. The van der Waals surface area contributed by atoms with E-state index in [0.717, 1.165) is 52.0 Å². The summed E-state index contributed by atoms with van der Waals surface area (Å²) in [6.45, 7) is 5.01. The highest BCUT2D eigenvalue weighted by atomic mass is 16.5. The molecule has 1 amide bonds. The van der Waals surface area contributed by atoms with Crippen LogP contribution in [0.2, 0.25) is 0 Å². The van der Waals surface area contributed by atoms with E-state index in [-0.39, 0.29) is 11.5 Å². The number of ether oxygens (including phenoxy) is 2. The van der Waals surface area contributed by atoms with Crippen molar-refractivity contribution < 1.29 is 14.3 Å². The molecule has 1 aromatic heterocycles. The standard InChI is InChI=1S/C16H25N3O3/c1-3-21-13-4-11-22-16(12-13)5-8-19(9-6-16)15(20)14-17-7-10-18(14)2/h7,10,13H,3-6,8-9,11-12H2,1-2H3. The predicted octanol–water partition coefficient (Wildman–Crippen LogP) is 1.61. The maximum absolute atomic E-state index is 12.5. The van der Waals surface area contributed by atoms with Gasteiger partial charge in [-0.2, -0.15) is 0 Å². The molecule has 0 saturated carbocycles. The summed E-state index contributed by atoms with van der Waals surface area (Å²) in [6, 6.07) is 0. The first-order valence-electron chi connectivity index (χ1n) is 8.16. The summed E-state index contributed by atoms with van der Waals surface area (Å²) < 4.78 is 13.6. The lowest BCUT2D eigenvalue weighted by Crippen LogP contribution is -2.52. The third kappa shape index (κ3) is 3.03. The fourth-order valence-electron chi connectivity index (χ4n) is 3.54. The number of likely N-dealkylation sites (tertiary alicyclic amines) is 1. The van der Waals surface area contributed by atoms with Crippen LogP contribution in [0.5, 0.6) is 0 Å². The highest BCUT2D eigenvalue weighted by molar-refractivity contribution is 5.90. The van der Waals surface area contributed by atoms with E-state index in [1.165, 1.54) is 0 Å². The Kier molecular flexibility index (Phi) is 4.49. The van der Waals surface area contributed by atoms with Crippen LogP contribution in [-0.4, -0.2) is 58.4 Å². The zero-order chi connectivity index (χ0) is 15.6. The average Bonchev–Trinajstić information content (AvgIpc) is 2.94. The summed E-state index contributed by atoms with van der Waals surface area (Å²) in [7, 11) is 1.85. The molecule has 1 atom stereocenters. The van der Waals surface area contributed by atoms with Crippen LogP contribution in [0.4, 0.5) is 0 Å². The minimum atomic E-state index is -0.101. The number of aryl methyl sites for hydroxylation is 1. The van der Waals surface area contributed by atoms with Crippen LogP contribution in [0.1, 0.15) is 43.2 Å². The highest BCUT2D eigenvalue weighted by Crippen LogP contribution is 2.36. The third-order valence-electron chi connectivity index (χ3n) is 4.82. The van der Waals surface area contributed by atoms with Gasteiger partial charge < -0.3 is 18.9 Å². The summed E-state index contributed by atoms with van der Waals surface area (Å²) in [5.41, 5.74) is -0.101. The number of carbonyl (C=O) groups is 1. The Morgan fingerprint density at radius 1 is 1.50 bits per heavy atom. The summed E-state index contributed by atoms with van der Waals surface area (Å²) in [5, 5.41) is 0. The summed E-state index contributed by atoms with van der Waals surface area (Å²) >= 11 is 0. The van der Waals surface area contributed by atoms with Gasteiger partial charge in [-0.3, -0.25) is 4.79 Å². The smallest absolute Gasteiger partial charge is 0.289 e. The summed E-state index contributed by atoms with van der Waals surface area (Å²) in [5.74, 6) is 0.521. The first-order chi connectivity index (χ1) is 10.6. The number of hydrogen-bond acceptors (Lipinski definition) is 4. The van der Waals surface area contributed by atoms with Gasteiger partial charge in [-0.1, -0.05) is 0 Å². The molecular formula is C16H25N3O3. The van der Waals surface area contributed by atoms with Crippen LogP contribution in [0, 0.1) is 0 Å². The first kappa shape index (κ1) is 15.5. The van der Waals surface area contributed by atoms with Crippen LogP contribution < -0.4 is 0 Å². The number of amides is 1. The quantitative estimate of drug-likeness (QED) is 0.851. The summed E-state index contributed by atoms with van der Waals surface area (Å²) in [6.07, 6.45) is 7.46. The molecule has 0 N–H and O–H groups in total. The van der Waals surface area contributed by atoms with E-state index >= 15 is 0 Å². The molecule has 2 saturated heterocycles. The van der Waals surface area contributed by atoms with Gasteiger partial charge >= 0.3 is 0 Å². The number of nitrogens with zero attached hydrogens (tertiary/aromatic N) is 3. The van der Waals surface area contributed by atoms with Crippen molar-refractivity contribution in [1.82, 2.24) is 14.5 Å². The maximum atomic E-state index is 12.5. The third-order valence-corrected chi connectivity index (χ3v) is 4.82. The van der Waals surface area contributed by atoms with Crippen molar-refractivity contribution in [3.8, 4) is 0 Å². The zero-order valence-electron chi connectivity index (χ0n) is 13.5. The van der Waals surface area contributed by atoms with E-state index in [4.69, 9.17) is 9.47 Å². The molecule has 6 heteroatoms. The topological polar surface area (TPSA) is 56.6 Å². The Bertz CT molecular complexity index is 518. The van der Waals surface area contributed by atoms with E-state index in [1.54, 1.807) is 17.0 Å². The molecule has 0 radical (unpaired) electrons. The number of carbonyl (C=O) groups excluding carboxylic acids is 1. The number of hydrogen-bond donors (Lipinski definition) is 0. The van der Waals surface area contributed by atoms with Crippen molar-refractivity contribution in [2.45, 2.75) is 44.3 Å². The minimum Gasteiger partial charge on any atom is -0.378 e. The molecule has 6 nitrogen and oxygen atoms in total. The van der Waals surface area contributed by atoms with Gasteiger partial charge in [-0.05, 0) is 26.2 Å². The van der Waals surface area contributed by atoms with E-state index in [1.807, 2.05) is 18.9 Å². The highest BCUT2D eigenvalue weighted by Gasteiger charge is 2.41. The van der Waals surface area contributed by atoms with Gasteiger partial charge in [-0.15, -0.1) is 0 Å². The lowest BCUT2D eigenvalue weighted by Gasteiger charge is -2.45. The fourth-order valence-corrected chi connectivity index (χ4v) is 3.54. The van der Waals surface area contributed by atoms with Gasteiger partial charge in [0.05, 0.1) is 11.7 Å². The Labute approximate surface area is 131 Å². The van der Waals surface area contributed by atoms with Gasteiger partial charge in [0.1, 0.15) is 0 Å². The van der Waals surface area contributed by atoms with E-state index in [2.05, 4.69) is 4.98 Å². The Hall–Kier alpha value is -1.40. The number of rotatable bonds is 3. The van der Waals surface area contributed by atoms with Crippen molar-refractivity contribution in [2.24, 2.45) is 7.05 Å². The van der Waals surface area contributed by atoms with Gasteiger partial charge in [-0.25, -0.2) is 4.98 Å². The first-order valence-corrected chi connectivity index (χ1v) is 8.16. The van der Waals surface area contributed by atoms with E-state index in [0.29, 0.717) is 11.9 Å². The van der Waals surface area contributed by atoms with Crippen molar-refractivity contribution in [1.29, 1.82) is 0 Å². The Morgan fingerprint density at radius 2 is 2.27 bits per heavy atom. The molecule has 22 heavy (non-hydrogen) atoms. The van der Waals surface area contributed by atoms with Gasteiger partial charge in [0.25, 0.3) is 5.91 Å². The Morgan fingerprint density at radius 3 is 2.91 bits per heavy atom. The van der Waals surface area contributed by atoms with E-state index in [9.17, 15) is 4.79 Å². The molecule has 2 aliphatic heterocycles. The number of imidazole rings is 1. The number of aromatic nitrogens is 2. The lowest BCUT2D eigenvalue weighted by molar-refractivity contribution is -0.151. The number of piperidine rings is 1. The molecule has 0 bridgehead atoms. The van der Waals surface area contributed by atoms with Gasteiger partial charge in [0.2, 0.25) is 0 Å². The molecule has 0 aliphatic carbocycles. The summed E-state index contributed by atoms with van der Waals surface area (Å²) in [4.78, 5) is 18.5. The molecule has 122 valence electrons. The largest absolute Gasteiger partial charge is 0.378 e. The van der Waals surface area contributed by atoms with Crippen LogP contribution in [0.3, 0.4) is 0 Å². The molecule has 3 rings (SSSR count). The van der Waals surface area contributed by atoms with E-state index < -0.39 is 0 Å². The molecule has 2 fully saturated rings. The molecule has 1 unspecified atom stereocenters. The normalized spacial score (nSPS) is 24.6. The molecular weight excluding hydrogens is 282 g/mol. The molecule has 2 aliphatic rings. The lowest BCUT2D eigenvalue weighted by atomic mass is 9.83.